The molecule has 106 valence electrons. The molecule has 1 aliphatic carbocycles. The molecule has 0 unspecified atom stereocenters. The second-order valence-electron chi connectivity index (χ2n) is 6.91. The minimum atomic E-state index is 0.205. The number of carbonyl (C=O) groups is 1. The van der Waals surface area contributed by atoms with E-state index in [4.69, 9.17) is 0 Å². The molecule has 0 amide bonds. The van der Waals surface area contributed by atoms with Gasteiger partial charge in [0.05, 0.1) is 0 Å². The second-order valence-corrected chi connectivity index (χ2v) is 6.91. The fourth-order valence-corrected chi connectivity index (χ4v) is 3.81. The summed E-state index contributed by atoms with van der Waals surface area (Å²) >= 11 is 0. The van der Waals surface area contributed by atoms with E-state index in [1.54, 1.807) is 0 Å². The highest BCUT2D eigenvalue weighted by atomic mass is 16.1. The first-order chi connectivity index (χ1) is 8.47. The van der Waals surface area contributed by atoms with E-state index < -0.39 is 0 Å². The zero-order chi connectivity index (χ0) is 13.7. The Bertz CT molecular complexity index is 254. The summed E-state index contributed by atoms with van der Waals surface area (Å²) in [6.45, 7) is 11.0. The van der Waals surface area contributed by atoms with Crippen LogP contribution in [0.5, 0.6) is 0 Å². The molecule has 0 aliphatic heterocycles. The summed E-state index contributed by atoms with van der Waals surface area (Å²) in [7, 11) is 0. The van der Waals surface area contributed by atoms with Gasteiger partial charge in [-0.3, -0.25) is 4.79 Å². The lowest BCUT2D eigenvalue weighted by atomic mass is 9.67. The van der Waals surface area contributed by atoms with Gasteiger partial charge in [-0.2, -0.15) is 0 Å². The molecule has 1 fully saturated rings. The summed E-state index contributed by atoms with van der Waals surface area (Å²) in [4.78, 5) is 12.4. The Balaban J connectivity index is 2.76. The Morgan fingerprint density at radius 1 is 1.11 bits per heavy atom. The van der Waals surface area contributed by atoms with Crippen molar-refractivity contribution < 1.29 is 4.79 Å². The van der Waals surface area contributed by atoms with Gasteiger partial charge >= 0.3 is 0 Å². The number of hydrogen-bond donors (Lipinski definition) is 0. The molecule has 1 heteroatoms. The van der Waals surface area contributed by atoms with Crippen LogP contribution >= 0.6 is 0 Å². The predicted molar refractivity (Wildman–Crippen MR) is 78.5 cm³/mol. The Labute approximate surface area is 114 Å². The molecule has 1 rings (SSSR count). The van der Waals surface area contributed by atoms with Gasteiger partial charge in [0, 0.05) is 11.8 Å². The fourth-order valence-electron chi connectivity index (χ4n) is 3.81. The number of hydrogen-bond acceptors (Lipinski definition) is 1. The first-order valence-electron chi connectivity index (χ1n) is 8.01. The average Bonchev–Trinajstić information content (AvgIpc) is 2.31. The van der Waals surface area contributed by atoms with Gasteiger partial charge in [0.2, 0.25) is 0 Å². The molecule has 0 spiro atoms. The van der Waals surface area contributed by atoms with Crippen molar-refractivity contribution in [3.05, 3.63) is 0 Å². The monoisotopic (exact) mass is 252 g/mol. The molecule has 0 N–H and O–H groups in total. The lowest BCUT2D eigenvalue weighted by molar-refractivity contribution is -0.129. The molecule has 3 atom stereocenters. The van der Waals surface area contributed by atoms with Crippen LogP contribution in [0.2, 0.25) is 0 Å². The van der Waals surface area contributed by atoms with Gasteiger partial charge < -0.3 is 0 Å². The van der Waals surface area contributed by atoms with Crippen LogP contribution in [0.25, 0.3) is 0 Å². The molecule has 1 nitrogen and oxygen atoms in total. The smallest absolute Gasteiger partial charge is 0.138 e. The fraction of sp³-hybridized carbons (Fsp3) is 0.941. The van der Waals surface area contributed by atoms with E-state index in [2.05, 4.69) is 34.6 Å². The van der Waals surface area contributed by atoms with Crippen molar-refractivity contribution >= 4 is 5.78 Å². The van der Waals surface area contributed by atoms with Gasteiger partial charge in [-0.25, -0.2) is 0 Å². The standard InChI is InChI=1S/C17H32O/c1-6-15(17(18)13(4)5)16-10-8-7-9-14(16)11-12(2)3/h12-16H,6-11H2,1-5H3/t14-,15+,16-/m0/s1. The van der Waals surface area contributed by atoms with E-state index in [0.717, 1.165) is 18.3 Å². The van der Waals surface area contributed by atoms with Gasteiger partial charge in [-0.05, 0) is 37.0 Å². The predicted octanol–water partition coefficient (Wildman–Crippen LogP) is 5.09. The quantitative estimate of drug-likeness (QED) is 0.643. The summed E-state index contributed by atoms with van der Waals surface area (Å²) in [6, 6.07) is 0. The summed E-state index contributed by atoms with van der Waals surface area (Å²) in [5, 5.41) is 0. The SMILES string of the molecule is CC[C@@H](C(=O)C(C)C)[C@H]1CCCC[C@H]1CC(C)C. The molecule has 1 saturated carbocycles. The number of ketones is 1. The third-order valence-electron chi connectivity index (χ3n) is 4.63. The van der Waals surface area contributed by atoms with Crippen LogP contribution in [0.15, 0.2) is 0 Å². The molecular weight excluding hydrogens is 220 g/mol. The molecule has 18 heavy (non-hydrogen) atoms. The van der Waals surface area contributed by atoms with Crippen LogP contribution in [0.4, 0.5) is 0 Å². The summed E-state index contributed by atoms with van der Waals surface area (Å²) in [5.74, 6) is 3.28. The first-order valence-corrected chi connectivity index (χ1v) is 8.01. The molecule has 0 heterocycles. The van der Waals surface area contributed by atoms with Crippen molar-refractivity contribution in [1.29, 1.82) is 0 Å². The van der Waals surface area contributed by atoms with Gasteiger partial charge in [0.1, 0.15) is 5.78 Å². The van der Waals surface area contributed by atoms with E-state index in [-0.39, 0.29) is 5.92 Å². The van der Waals surface area contributed by atoms with Crippen molar-refractivity contribution in [2.24, 2.45) is 29.6 Å². The Morgan fingerprint density at radius 3 is 2.22 bits per heavy atom. The third-order valence-corrected chi connectivity index (χ3v) is 4.63. The van der Waals surface area contributed by atoms with Gasteiger partial charge in [0.15, 0.2) is 0 Å². The maximum absolute atomic E-state index is 12.4. The van der Waals surface area contributed by atoms with Crippen molar-refractivity contribution in [3.8, 4) is 0 Å². The molecule has 0 radical (unpaired) electrons. The van der Waals surface area contributed by atoms with Crippen LogP contribution < -0.4 is 0 Å². The Hall–Kier alpha value is -0.330. The van der Waals surface area contributed by atoms with Crippen molar-refractivity contribution in [3.63, 3.8) is 0 Å². The third kappa shape index (κ3) is 4.10. The molecule has 1 aliphatic rings. The molecule has 0 aromatic rings. The van der Waals surface area contributed by atoms with E-state index in [9.17, 15) is 4.79 Å². The van der Waals surface area contributed by atoms with Crippen LogP contribution in [0.3, 0.4) is 0 Å². The topological polar surface area (TPSA) is 17.1 Å². The molecule has 0 aromatic carbocycles. The largest absolute Gasteiger partial charge is 0.299 e. The zero-order valence-electron chi connectivity index (χ0n) is 13.0. The lowest BCUT2D eigenvalue weighted by Crippen LogP contribution is -2.34. The van der Waals surface area contributed by atoms with E-state index >= 15 is 0 Å². The summed E-state index contributed by atoms with van der Waals surface area (Å²) < 4.78 is 0. The molecule has 0 bridgehead atoms. The highest BCUT2D eigenvalue weighted by molar-refractivity contribution is 5.83. The van der Waals surface area contributed by atoms with Gasteiger partial charge in [-0.15, -0.1) is 0 Å². The summed E-state index contributed by atoms with van der Waals surface area (Å²) in [5.41, 5.74) is 0. The van der Waals surface area contributed by atoms with Crippen LogP contribution in [-0.2, 0) is 4.79 Å². The average molecular weight is 252 g/mol. The number of rotatable bonds is 6. The first kappa shape index (κ1) is 15.7. The molecule has 0 saturated heterocycles. The summed E-state index contributed by atoms with van der Waals surface area (Å²) in [6.07, 6.45) is 7.70. The molecule has 0 aromatic heterocycles. The van der Waals surface area contributed by atoms with Crippen molar-refractivity contribution in [2.45, 2.75) is 73.1 Å². The van der Waals surface area contributed by atoms with E-state index in [1.807, 2.05) is 0 Å². The maximum atomic E-state index is 12.4. The minimum Gasteiger partial charge on any atom is -0.299 e. The minimum absolute atomic E-state index is 0.205. The normalized spacial score (nSPS) is 26.6. The van der Waals surface area contributed by atoms with Crippen LogP contribution in [0, 0.1) is 29.6 Å². The lowest BCUT2D eigenvalue weighted by Gasteiger charge is -2.38. The van der Waals surface area contributed by atoms with Crippen LogP contribution in [-0.4, -0.2) is 5.78 Å². The zero-order valence-corrected chi connectivity index (χ0v) is 13.0. The highest BCUT2D eigenvalue weighted by Crippen LogP contribution is 2.40. The highest BCUT2D eigenvalue weighted by Gasteiger charge is 2.35. The Morgan fingerprint density at radius 2 is 1.72 bits per heavy atom. The number of carbonyl (C=O) groups excluding carboxylic acids is 1. The Kier molecular flexibility index (Phi) is 6.38. The van der Waals surface area contributed by atoms with Crippen LogP contribution in [0.1, 0.15) is 73.1 Å². The number of Topliss-reactive ketones (excluding diaryl/α,β-unsaturated/α-hetero) is 1. The maximum Gasteiger partial charge on any atom is 0.138 e. The van der Waals surface area contributed by atoms with Crippen molar-refractivity contribution in [1.82, 2.24) is 0 Å². The second kappa shape index (κ2) is 7.31. The van der Waals surface area contributed by atoms with Gasteiger partial charge in [-0.1, -0.05) is 53.9 Å². The van der Waals surface area contributed by atoms with E-state index in [1.165, 1.54) is 32.1 Å². The van der Waals surface area contributed by atoms with Crippen molar-refractivity contribution in [2.75, 3.05) is 0 Å². The van der Waals surface area contributed by atoms with Gasteiger partial charge in [0.25, 0.3) is 0 Å². The molecular formula is C17H32O. The van der Waals surface area contributed by atoms with E-state index in [0.29, 0.717) is 17.6 Å².